The first-order valence-electron chi connectivity index (χ1n) is 7.59. The van der Waals surface area contributed by atoms with Crippen LogP contribution < -0.4 is 5.32 Å². The van der Waals surface area contributed by atoms with Crippen molar-refractivity contribution in [3.8, 4) is 0 Å². The number of benzene rings is 2. The molecule has 2 nitrogen and oxygen atoms in total. The van der Waals surface area contributed by atoms with Gasteiger partial charge in [0.2, 0.25) is 0 Å². The lowest BCUT2D eigenvalue weighted by atomic mass is 9.95. The molecule has 118 valence electrons. The number of hydrogen-bond donors (Lipinski definition) is 2. The molecule has 4 rings (SSSR count). The molecule has 1 unspecified atom stereocenters. The fourth-order valence-corrected chi connectivity index (χ4v) is 4.02. The quantitative estimate of drug-likeness (QED) is 0.611. The van der Waals surface area contributed by atoms with E-state index in [0.717, 1.165) is 35.5 Å². The van der Waals surface area contributed by atoms with Crippen LogP contribution in [0.1, 0.15) is 22.9 Å². The van der Waals surface area contributed by atoms with Crippen LogP contribution in [0, 0.1) is 0 Å². The molecular weight excluding hydrogens is 351 g/mol. The maximum absolute atomic E-state index is 6.34. The molecule has 0 radical (unpaired) electrons. The van der Waals surface area contributed by atoms with Gasteiger partial charge in [0.1, 0.15) is 0 Å². The number of aromatic amines is 1. The summed E-state index contributed by atoms with van der Waals surface area (Å²) in [7, 11) is 0. The van der Waals surface area contributed by atoms with E-state index in [4.69, 9.17) is 34.8 Å². The Morgan fingerprint density at radius 2 is 1.78 bits per heavy atom. The predicted octanol–water partition coefficient (Wildman–Crippen LogP) is 5.56. The van der Waals surface area contributed by atoms with Crippen LogP contribution in [0.2, 0.25) is 15.1 Å². The van der Waals surface area contributed by atoms with Crippen LogP contribution >= 0.6 is 34.8 Å². The van der Waals surface area contributed by atoms with Crippen molar-refractivity contribution in [3.05, 3.63) is 68.3 Å². The van der Waals surface area contributed by atoms with Crippen LogP contribution in [0.5, 0.6) is 0 Å². The fraction of sp³-hybridized carbons (Fsp3) is 0.222. The molecule has 0 saturated carbocycles. The average molecular weight is 366 g/mol. The molecule has 23 heavy (non-hydrogen) atoms. The summed E-state index contributed by atoms with van der Waals surface area (Å²) in [5.41, 5.74) is 4.82. The van der Waals surface area contributed by atoms with E-state index in [0.29, 0.717) is 10.0 Å². The summed E-state index contributed by atoms with van der Waals surface area (Å²) in [6.45, 7) is 0.947. The van der Waals surface area contributed by atoms with Gasteiger partial charge >= 0.3 is 0 Å². The smallest absolute Gasteiger partial charge is 0.0517 e. The molecule has 1 aliphatic rings. The summed E-state index contributed by atoms with van der Waals surface area (Å²) in [5.74, 6) is 0. The van der Waals surface area contributed by atoms with E-state index in [1.807, 2.05) is 30.3 Å². The normalized spacial score (nSPS) is 17.4. The highest BCUT2D eigenvalue weighted by Crippen LogP contribution is 2.34. The van der Waals surface area contributed by atoms with Crippen LogP contribution in [0.4, 0.5) is 0 Å². The number of halogens is 3. The molecule has 2 aromatic carbocycles. The van der Waals surface area contributed by atoms with Gasteiger partial charge in [-0.15, -0.1) is 0 Å². The van der Waals surface area contributed by atoms with Crippen molar-refractivity contribution >= 4 is 45.7 Å². The van der Waals surface area contributed by atoms with Crippen molar-refractivity contribution in [2.24, 2.45) is 0 Å². The highest BCUT2D eigenvalue weighted by molar-refractivity contribution is 6.35. The molecule has 1 aliphatic heterocycles. The molecule has 2 heterocycles. The van der Waals surface area contributed by atoms with Crippen LogP contribution in [-0.2, 0) is 12.8 Å². The molecule has 0 aliphatic carbocycles. The van der Waals surface area contributed by atoms with E-state index < -0.39 is 0 Å². The summed E-state index contributed by atoms with van der Waals surface area (Å²) in [6.07, 6.45) is 1.82. The zero-order valence-corrected chi connectivity index (χ0v) is 14.6. The van der Waals surface area contributed by atoms with Crippen LogP contribution in [0.25, 0.3) is 10.9 Å². The van der Waals surface area contributed by atoms with Crippen molar-refractivity contribution in [2.45, 2.75) is 18.9 Å². The summed E-state index contributed by atoms with van der Waals surface area (Å²) in [4.78, 5) is 3.55. The van der Waals surface area contributed by atoms with Gasteiger partial charge in [0.05, 0.1) is 6.04 Å². The third-order valence-electron chi connectivity index (χ3n) is 4.45. The third kappa shape index (κ3) is 2.85. The summed E-state index contributed by atoms with van der Waals surface area (Å²) in [6, 6.07) is 11.9. The number of rotatable bonds is 2. The first kappa shape index (κ1) is 15.3. The Balaban J connectivity index is 1.74. The van der Waals surface area contributed by atoms with E-state index in [1.54, 1.807) is 6.07 Å². The van der Waals surface area contributed by atoms with E-state index >= 15 is 0 Å². The zero-order valence-electron chi connectivity index (χ0n) is 12.3. The van der Waals surface area contributed by atoms with E-state index in [2.05, 4.69) is 10.3 Å². The molecule has 5 heteroatoms. The van der Waals surface area contributed by atoms with Gasteiger partial charge in [0.25, 0.3) is 0 Å². The van der Waals surface area contributed by atoms with Crippen LogP contribution in [0.15, 0.2) is 36.4 Å². The molecule has 1 atom stereocenters. The molecule has 2 N–H and O–H groups in total. The predicted molar refractivity (Wildman–Crippen MR) is 97.9 cm³/mol. The van der Waals surface area contributed by atoms with E-state index in [-0.39, 0.29) is 6.04 Å². The number of nitrogens with one attached hydrogen (secondary N) is 2. The maximum atomic E-state index is 6.34. The Kier molecular flexibility index (Phi) is 4.02. The zero-order chi connectivity index (χ0) is 16.0. The minimum absolute atomic E-state index is 0.212. The minimum Gasteiger partial charge on any atom is -0.357 e. The number of fused-ring (bicyclic) bond motifs is 3. The van der Waals surface area contributed by atoms with Crippen molar-refractivity contribution < 1.29 is 0 Å². The maximum Gasteiger partial charge on any atom is 0.0517 e. The number of aromatic nitrogens is 1. The van der Waals surface area contributed by atoms with Gasteiger partial charge in [0, 0.05) is 31.7 Å². The highest BCUT2D eigenvalue weighted by Gasteiger charge is 2.24. The highest BCUT2D eigenvalue weighted by atomic mass is 35.5. The van der Waals surface area contributed by atoms with Crippen molar-refractivity contribution in [2.75, 3.05) is 6.54 Å². The first-order chi connectivity index (χ1) is 11.1. The van der Waals surface area contributed by atoms with Crippen molar-refractivity contribution in [3.63, 3.8) is 0 Å². The lowest BCUT2D eigenvalue weighted by Gasteiger charge is -2.25. The van der Waals surface area contributed by atoms with E-state index in [1.165, 1.54) is 16.6 Å². The van der Waals surface area contributed by atoms with Gasteiger partial charge in [0.15, 0.2) is 0 Å². The monoisotopic (exact) mass is 364 g/mol. The molecule has 0 spiro atoms. The Morgan fingerprint density at radius 3 is 2.61 bits per heavy atom. The minimum atomic E-state index is 0.212. The van der Waals surface area contributed by atoms with Gasteiger partial charge in [-0.3, -0.25) is 0 Å². The standard InChI is InChI=1S/C18H15Cl3N2/c19-11-3-4-16-14(8-11)13-5-6-22-17(18(13)23-16)7-10-1-2-12(20)9-15(10)21/h1-4,8-9,17,22-23H,5-7H2. The van der Waals surface area contributed by atoms with Gasteiger partial charge < -0.3 is 10.3 Å². The fourth-order valence-electron chi connectivity index (χ4n) is 3.36. The topological polar surface area (TPSA) is 27.8 Å². The van der Waals surface area contributed by atoms with Crippen LogP contribution in [-0.4, -0.2) is 11.5 Å². The molecular formula is C18H15Cl3N2. The second-order valence-corrected chi connectivity index (χ2v) is 7.18. The van der Waals surface area contributed by atoms with Crippen molar-refractivity contribution in [1.29, 1.82) is 0 Å². The molecule has 0 fully saturated rings. The molecule has 0 saturated heterocycles. The Morgan fingerprint density at radius 1 is 1.00 bits per heavy atom. The summed E-state index contributed by atoms with van der Waals surface area (Å²) >= 11 is 18.5. The van der Waals surface area contributed by atoms with Gasteiger partial charge in [-0.2, -0.15) is 0 Å². The first-order valence-corrected chi connectivity index (χ1v) is 8.72. The summed E-state index contributed by atoms with van der Waals surface area (Å²) < 4.78 is 0. The lowest BCUT2D eigenvalue weighted by Crippen LogP contribution is -2.31. The SMILES string of the molecule is Clc1ccc(CC2NCCc3c2[nH]c2ccc(Cl)cc32)c(Cl)c1. The van der Waals surface area contributed by atoms with Gasteiger partial charge in [-0.25, -0.2) is 0 Å². The van der Waals surface area contributed by atoms with Gasteiger partial charge in [-0.1, -0.05) is 40.9 Å². The number of hydrogen-bond acceptors (Lipinski definition) is 1. The molecule has 0 bridgehead atoms. The Bertz CT molecular complexity index is 885. The average Bonchev–Trinajstić information content (AvgIpc) is 2.89. The molecule has 1 aromatic heterocycles. The molecule has 3 aromatic rings. The van der Waals surface area contributed by atoms with Crippen molar-refractivity contribution in [1.82, 2.24) is 10.3 Å². The van der Waals surface area contributed by atoms with Crippen LogP contribution in [0.3, 0.4) is 0 Å². The number of H-pyrrole nitrogens is 1. The second-order valence-electron chi connectivity index (χ2n) is 5.90. The Hall–Kier alpha value is -1.19. The van der Waals surface area contributed by atoms with Gasteiger partial charge in [-0.05, 0) is 60.8 Å². The largest absolute Gasteiger partial charge is 0.357 e. The lowest BCUT2D eigenvalue weighted by molar-refractivity contribution is 0.495. The summed E-state index contributed by atoms with van der Waals surface area (Å²) in [5, 5.41) is 6.96. The second kappa shape index (κ2) is 6.03. The van der Waals surface area contributed by atoms with E-state index in [9.17, 15) is 0 Å². The molecule has 0 amide bonds. The Labute approximate surface area is 149 Å². The third-order valence-corrected chi connectivity index (χ3v) is 5.28.